The van der Waals surface area contributed by atoms with E-state index in [-0.39, 0.29) is 47.8 Å². The number of hydrogen-bond acceptors (Lipinski definition) is 6. The van der Waals surface area contributed by atoms with Gasteiger partial charge in [0.1, 0.15) is 5.75 Å². The third-order valence-electron chi connectivity index (χ3n) is 6.45. The van der Waals surface area contributed by atoms with Crippen LogP contribution in [-0.4, -0.2) is 54.4 Å². The SMILES string of the molecule is Cc1ccc(NC(=O)COc2ccccc2)c(NC(=O)c2ccc3c(c2)C(=O)N(CC2CCCO2)C3=O)c1. The van der Waals surface area contributed by atoms with Crippen LogP contribution >= 0.6 is 0 Å². The summed E-state index contributed by atoms with van der Waals surface area (Å²) in [6, 6.07) is 18.7. The summed E-state index contributed by atoms with van der Waals surface area (Å²) in [7, 11) is 0. The highest BCUT2D eigenvalue weighted by Crippen LogP contribution is 2.28. The van der Waals surface area contributed by atoms with E-state index >= 15 is 0 Å². The van der Waals surface area contributed by atoms with Gasteiger partial charge in [0, 0.05) is 12.2 Å². The molecule has 0 bridgehead atoms. The number of nitrogens with zero attached hydrogens (tertiary/aromatic N) is 1. The fourth-order valence-electron chi connectivity index (χ4n) is 4.51. The molecule has 2 aliphatic heterocycles. The van der Waals surface area contributed by atoms with Crippen molar-refractivity contribution in [1.82, 2.24) is 4.90 Å². The Kier molecular flexibility index (Phi) is 7.19. The Labute approximate surface area is 219 Å². The predicted molar refractivity (Wildman–Crippen MR) is 140 cm³/mol. The Bertz CT molecular complexity index is 1400. The van der Waals surface area contributed by atoms with E-state index in [9.17, 15) is 19.2 Å². The fourth-order valence-corrected chi connectivity index (χ4v) is 4.51. The van der Waals surface area contributed by atoms with Gasteiger partial charge in [0.15, 0.2) is 6.61 Å². The molecule has 0 aromatic heterocycles. The molecule has 1 fully saturated rings. The van der Waals surface area contributed by atoms with Gasteiger partial charge in [-0.15, -0.1) is 0 Å². The number of amides is 4. The molecule has 3 aromatic rings. The molecule has 5 rings (SSSR count). The minimum Gasteiger partial charge on any atom is -0.484 e. The van der Waals surface area contributed by atoms with Gasteiger partial charge in [-0.3, -0.25) is 24.1 Å². The van der Waals surface area contributed by atoms with Gasteiger partial charge in [-0.25, -0.2) is 0 Å². The summed E-state index contributed by atoms with van der Waals surface area (Å²) in [4.78, 5) is 52.6. The maximum absolute atomic E-state index is 13.1. The summed E-state index contributed by atoms with van der Waals surface area (Å²) in [5.41, 5.74) is 2.35. The summed E-state index contributed by atoms with van der Waals surface area (Å²) < 4.78 is 11.1. The van der Waals surface area contributed by atoms with Crippen LogP contribution in [0.15, 0.2) is 66.7 Å². The van der Waals surface area contributed by atoms with Gasteiger partial charge in [0.05, 0.1) is 35.2 Å². The Morgan fingerprint density at radius 1 is 0.947 bits per heavy atom. The normalized spacial score (nSPS) is 16.3. The number of carbonyl (C=O) groups excluding carboxylic acids is 4. The smallest absolute Gasteiger partial charge is 0.262 e. The third-order valence-corrected chi connectivity index (χ3v) is 6.45. The van der Waals surface area contributed by atoms with Gasteiger partial charge < -0.3 is 20.1 Å². The van der Waals surface area contributed by atoms with Gasteiger partial charge in [-0.2, -0.15) is 0 Å². The number of para-hydroxylation sites is 1. The average molecular weight is 514 g/mol. The molecule has 0 aliphatic carbocycles. The molecule has 0 saturated carbocycles. The van der Waals surface area contributed by atoms with Crippen molar-refractivity contribution in [3.63, 3.8) is 0 Å². The average Bonchev–Trinajstić information content (AvgIpc) is 3.52. The molecule has 1 saturated heterocycles. The van der Waals surface area contributed by atoms with Crippen molar-refractivity contribution in [3.8, 4) is 5.75 Å². The monoisotopic (exact) mass is 513 g/mol. The van der Waals surface area contributed by atoms with Crippen molar-refractivity contribution in [1.29, 1.82) is 0 Å². The number of hydrogen-bond donors (Lipinski definition) is 2. The van der Waals surface area contributed by atoms with Crippen LogP contribution in [0.3, 0.4) is 0 Å². The summed E-state index contributed by atoms with van der Waals surface area (Å²) >= 11 is 0. The van der Waals surface area contributed by atoms with E-state index in [1.54, 1.807) is 24.3 Å². The molecule has 0 spiro atoms. The summed E-state index contributed by atoms with van der Waals surface area (Å²) in [5.74, 6) is -1.11. The number of rotatable bonds is 8. The van der Waals surface area contributed by atoms with E-state index in [0.29, 0.717) is 23.7 Å². The minimum absolute atomic E-state index is 0.159. The Hall–Kier alpha value is -4.50. The van der Waals surface area contributed by atoms with Crippen LogP contribution < -0.4 is 15.4 Å². The van der Waals surface area contributed by atoms with Crippen molar-refractivity contribution in [3.05, 3.63) is 89.0 Å². The van der Waals surface area contributed by atoms with E-state index in [0.717, 1.165) is 18.4 Å². The first-order valence-electron chi connectivity index (χ1n) is 12.4. The van der Waals surface area contributed by atoms with Crippen LogP contribution in [0.4, 0.5) is 11.4 Å². The van der Waals surface area contributed by atoms with Gasteiger partial charge >= 0.3 is 0 Å². The lowest BCUT2D eigenvalue weighted by Gasteiger charge is -2.17. The molecule has 9 heteroatoms. The quantitative estimate of drug-likeness (QED) is 0.440. The van der Waals surface area contributed by atoms with E-state index in [2.05, 4.69) is 10.6 Å². The molecule has 9 nitrogen and oxygen atoms in total. The molecular formula is C29H27N3O6. The van der Waals surface area contributed by atoms with Crippen LogP contribution in [0.1, 0.15) is 49.5 Å². The second-order valence-electron chi connectivity index (χ2n) is 9.27. The topological polar surface area (TPSA) is 114 Å². The van der Waals surface area contributed by atoms with Gasteiger partial charge in [-0.1, -0.05) is 24.3 Å². The molecule has 2 heterocycles. The van der Waals surface area contributed by atoms with Crippen molar-refractivity contribution in [2.24, 2.45) is 0 Å². The van der Waals surface area contributed by atoms with Crippen LogP contribution in [0.25, 0.3) is 0 Å². The molecule has 4 amide bonds. The van der Waals surface area contributed by atoms with Crippen LogP contribution in [0.5, 0.6) is 5.75 Å². The highest BCUT2D eigenvalue weighted by molar-refractivity contribution is 6.22. The zero-order valence-electron chi connectivity index (χ0n) is 20.9. The summed E-state index contributed by atoms with van der Waals surface area (Å²) in [6.07, 6.45) is 1.54. The molecular weight excluding hydrogens is 486 g/mol. The van der Waals surface area contributed by atoms with Gasteiger partial charge in [0.25, 0.3) is 23.6 Å². The maximum Gasteiger partial charge on any atom is 0.262 e. The second kappa shape index (κ2) is 10.9. The number of imide groups is 1. The number of benzene rings is 3. The molecule has 3 aromatic carbocycles. The Balaban J connectivity index is 1.28. The lowest BCUT2D eigenvalue weighted by molar-refractivity contribution is -0.118. The lowest BCUT2D eigenvalue weighted by atomic mass is 10.0. The highest BCUT2D eigenvalue weighted by atomic mass is 16.5. The highest BCUT2D eigenvalue weighted by Gasteiger charge is 2.38. The van der Waals surface area contributed by atoms with Crippen molar-refractivity contribution in [2.45, 2.75) is 25.9 Å². The number of nitrogens with one attached hydrogen (secondary N) is 2. The molecule has 2 N–H and O–H groups in total. The maximum atomic E-state index is 13.1. The first kappa shape index (κ1) is 25.2. The van der Waals surface area contributed by atoms with Gasteiger partial charge in [0.2, 0.25) is 0 Å². The van der Waals surface area contributed by atoms with Crippen molar-refractivity contribution in [2.75, 3.05) is 30.4 Å². The Morgan fingerprint density at radius 2 is 1.74 bits per heavy atom. The lowest BCUT2D eigenvalue weighted by Crippen LogP contribution is -2.36. The number of fused-ring (bicyclic) bond motifs is 1. The fraction of sp³-hybridized carbons (Fsp3) is 0.241. The van der Waals surface area contributed by atoms with Crippen LogP contribution in [0.2, 0.25) is 0 Å². The van der Waals surface area contributed by atoms with Crippen LogP contribution in [-0.2, 0) is 9.53 Å². The molecule has 194 valence electrons. The number of ether oxygens (including phenoxy) is 2. The first-order chi connectivity index (χ1) is 18.4. The number of carbonyl (C=O) groups is 4. The zero-order valence-corrected chi connectivity index (χ0v) is 20.9. The summed E-state index contributed by atoms with van der Waals surface area (Å²) in [5, 5.41) is 5.57. The number of anilines is 2. The molecule has 0 radical (unpaired) electrons. The molecule has 1 atom stereocenters. The van der Waals surface area contributed by atoms with Crippen LogP contribution in [0, 0.1) is 6.92 Å². The predicted octanol–water partition coefficient (Wildman–Crippen LogP) is 4.04. The zero-order chi connectivity index (χ0) is 26.6. The molecule has 2 aliphatic rings. The van der Waals surface area contributed by atoms with Crippen molar-refractivity contribution >= 4 is 35.0 Å². The second-order valence-corrected chi connectivity index (χ2v) is 9.27. The van der Waals surface area contributed by atoms with Crippen molar-refractivity contribution < 1.29 is 28.7 Å². The van der Waals surface area contributed by atoms with E-state index in [1.165, 1.54) is 23.1 Å². The standard InChI is InChI=1S/C29H27N3O6/c1-18-9-12-24(30-26(33)17-38-20-6-3-2-4-7-20)25(14-18)31-27(34)19-10-11-22-23(15-19)29(36)32(28(22)35)16-21-8-5-13-37-21/h2-4,6-7,9-12,14-15,21H,5,8,13,16-17H2,1H3,(H,30,33)(H,31,34). The molecule has 1 unspecified atom stereocenters. The minimum atomic E-state index is -0.479. The Morgan fingerprint density at radius 3 is 2.50 bits per heavy atom. The third kappa shape index (κ3) is 5.42. The van der Waals surface area contributed by atoms with E-state index in [1.807, 2.05) is 31.2 Å². The van der Waals surface area contributed by atoms with Gasteiger partial charge in [-0.05, 0) is 67.8 Å². The summed E-state index contributed by atoms with van der Waals surface area (Å²) in [6.45, 7) is 2.49. The largest absolute Gasteiger partial charge is 0.484 e. The number of aryl methyl sites for hydroxylation is 1. The first-order valence-corrected chi connectivity index (χ1v) is 12.4. The van der Waals surface area contributed by atoms with E-state index < -0.39 is 11.8 Å². The van der Waals surface area contributed by atoms with E-state index in [4.69, 9.17) is 9.47 Å². The molecule has 38 heavy (non-hydrogen) atoms.